The third kappa shape index (κ3) is 5.97. The highest BCUT2D eigenvalue weighted by atomic mass is 16.5. The molecule has 4 rings (SSSR count). The summed E-state index contributed by atoms with van der Waals surface area (Å²) in [6.45, 7) is 7.16. The Balaban J connectivity index is 1.23. The Kier molecular flexibility index (Phi) is 7.36. The second kappa shape index (κ2) is 10.6. The SMILES string of the molecule is COc1ccc(-c2noc(CN3CCN(CC(=O)N(C)Cc4ccccc4C)CC3)n2)cc1. The van der Waals surface area contributed by atoms with Gasteiger partial charge >= 0.3 is 0 Å². The number of rotatable bonds is 8. The van der Waals surface area contributed by atoms with Gasteiger partial charge in [0.1, 0.15) is 5.75 Å². The van der Waals surface area contributed by atoms with Gasteiger partial charge in [-0.3, -0.25) is 14.6 Å². The van der Waals surface area contributed by atoms with Crippen molar-refractivity contribution in [3.8, 4) is 17.1 Å². The van der Waals surface area contributed by atoms with Gasteiger partial charge in [0.05, 0.1) is 20.2 Å². The maximum Gasteiger partial charge on any atom is 0.241 e. The topological polar surface area (TPSA) is 74.9 Å². The highest BCUT2D eigenvalue weighted by Crippen LogP contribution is 2.20. The normalized spacial score (nSPS) is 14.9. The van der Waals surface area contributed by atoms with E-state index in [9.17, 15) is 4.79 Å². The Hall–Kier alpha value is -3.23. The molecule has 0 aliphatic carbocycles. The van der Waals surface area contributed by atoms with E-state index >= 15 is 0 Å². The summed E-state index contributed by atoms with van der Waals surface area (Å²) in [7, 11) is 3.52. The average molecular weight is 450 g/mol. The van der Waals surface area contributed by atoms with Crippen LogP contribution in [-0.4, -0.2) is 77.6 Å². The summed E-state index contributed by atoms with van der Waals surface area (Å²) in [5.74, 6) is 2.12. The van der Waals surface area contributed by atoms with E-state index < -0.39 is 0 Å². The van der Waals surface area contributed by atoms with E-state index in [2.05, 4.69) is 39.0 Å². The van der Waals surface area contributed by atoms with Crippen LogP contribution in [0.5, 0.6) is 5.75 Å². The number of carbonyl (C=O) groups excluding carboxylic acids is 1. The van der Waals surface area contributed by atoms with Crippen LogP contribution in [-0.2, 0) is 17.9 Å². The first kappa shape index (κ1) is 22.9. The number of benzene rings is 2. The van der Waals surface area contributed by atoms with Gasteiger partial charge in [-0.05, 0) is 42.3 Å². The van der Waals surface area contributed by atoms with E-state index in [1.807, 2.05) is 48.3 Å². The zero-order valence-electron chi connectivity index (χ0n) is 19.5. The molecule has 0 bridgehead atoms. The highest BCUT2D eigenvalue weighted by molar-refractivity contribution is 5.78. The summed E-state index contributed by atoms with van der Waals surface area (Å²) in [5.41, 5.74) is 3.29. The fourth-order valence-corrected chi connectivity index (χ4v) is 3.92. The molecule has 0 saturated carbocycles. The van der Waals surface area contributed by atoms with Crippen molar-refractivity contribution >= 4 is 5.91 Å². The van der Waals surface area contributed by atoms with Crippen molar-refractivity contribution in [3.05, 3.63) is 65.5 Å². The molecular weight excluding hydrogens is 418 g/mol. The van der Waals surface area contributed by atoms with E-state index in [0.29, 0.717) is 31.3 Å². The first-order chi connectivity index (χ1) is 16.0. The van der Waals surface area contributed by atoms with Crippen LogP contribution in [0.4, 0.5) is 0 Å². The quantitative estimate of drug-likeness (QED) is 0.523. The minimum absolute atomic E-state index is 0.146. The second-order valence-corrected chi connectivity index (χ2v) is 8.47. The molecule has 1 amide bonds. The number of hydrogen-bond donors (Lipinski definition) is 0. The molecule has 1 aliphatic heterocycles. The Morgan fingerprint density at radius 3 is 2.45 bits per heavy atom. The lowest BCUT2D eigenvalue weighted by molar-refractivity contribution is -0.132. The summed E-state index contributed by atoms with van der Waals surface area (Å²) < 4.78 is 10.6. The second-order valence-electron chi connectivity index (χ2n) is 8.47. The van der Waals surface area contributed by atoms with Crippen LogP contribution in [0.25, 0.3) is 11.4 Å². The third-order valence-corrected chi connectivity index (χ3v) is 6.09. The molecule has 8 heteroatoms. The van der Waals surface area contributed by atoms with Crippen LogP contribution >= 0.6 is 0 Å². The number of ether oxygens (including phenoxy) is 1. The van der Waals surface area contributed by atoms with Crippen LogP contribution < -0.4 is 4.74 Å². The van der Waals surface area contributed by atoms with E-state index in [1.54, 1.807) is 7.11 Å². The lowest BCUT2D eigenvalue weighted by Gasteiger charge is -2.34. The monoisotopic (exact) mass is 449 g/mol. The Labute approximate surface area is 194 Å². The van der Waals surface area contributed by atoms with Gasteiger partial charge in [0.15, 0.2) is 0 Å². The number of amides is 1. The number of piperazine rings is 1. The standard InChI is InChI=1S/C25H31N5O3/c1-19-6-4-5-7-21(19)16-28(2)24(31)18-30-14-12-29(13-15-30)17-23-26-25(27-33-23)20-8-10-22(32-3)11-9-20/h4-11H,12-18H2,1-3H3. The molecule has 1 saturated heterocycles. The average Bonchev–Trinajstić information content (AvgIpc) is 3.30. The lowest BCUT2D eigenvalue weighted by atomic mass is 10.1. The number of aromatic nitrogens is 2. The maximum atomic E-state index is 12.7. The molecule has 0 N–H and O–H groups in total. The lowest BCUT2D eigenvalue weighted by Crippen LogP contribution is -2.49. The van der Waals surface area contributed by atoms with Gasteiger partial charge < -0.3 is 14.2 Å². The van der Waals surface area contributed by atoms with Crippen molar-refractivity contribution < 1.29 is 14.1 Å². The van der Waals surface area contributed by atoms with Crippen LogP contribution in [0.3, 0.4) is 0 Å². The molecule has 1 aliphatic rings. The Morgan fingerprint density at radius 2 is 1.76 bits per heavy atom. The van der Waals surface area contributed by atoms with Crippen molar-refractivity contribution in [2.24, 2.45) is 0 Å². The van der Waals surface area contributed by atoms with Gasteiger partial charge in [0.25, 0.3) is 0 Å². The van der Waals surface area contributed by atoms with Crippen molar-refractivity contribution in [2.45, 2.75) is 20.0 Å². The molecule has 174 valence electrons. The smallest absolute Gasteiger partial charge is 0.241 e. The zero-order valence-corrected chi connectivity index (χ0v) is 19.5. The number of carbonyl (C=O) groups is 1. The maximum absolute atomic E-state index is 12.7. The minimum Gasteiger partial charge on any atom is -0.497 e. The minimum atomic E-state index is 0.146. The first-order valence-corrected chi connectivity index (χ1v) is 11.2. The van der Waals surface area contributed by atoms with Gasteiger partial charge in [-0.1, -0.05) is 29.4 Å². The van der Waals surface area contributed by atoms with E-state index in [4.69, 9.17) is 9.26 Å². The largest absolute Gasteiger partial charge is 0.497 e. The molecule has 2 heterocycles. The van der Waals surface area contributed by atoms with Gasteiger partial charge in [0, 0.05) is 45.3 Å². The molecule has 0 atom stereocenters. The Bertz CT molecular complexity index is 1060. The number of hydrogen-bond acceptors (Lipinski definition) is 7. The fraction of sp³-hybridized carbons (Fsp3) is 0.400. The summed E-state index contributed by atoms with van der Waals surface area (Å²) in [6, 6.07) is 15.8. The molecule has 33 heavy (non-hydrogen) atoms. The predicted octanol–water partition coefficient (Wildman–Crippen LogP) is 2.83. The van der Waals surface area contributed by atoms with Crippen LogP contribution in [0.15, 0.2) is 53.1 Å². The summed E-state index contributed by atoms with van der Waals surface area (Å²) >= 11 is 0. The van der Waals surface area contributed by atoms with Crippen LogP contribution in [0.2, 0.25) is 0 Å². The van der Waals surface area contributed by atoms with E-state index in [1.165, 1.54) is 11.1 Å². The highest BCUT2D eigenvalue weighted by Gasteiger charge is 2.22. The summed E-state index contributed by atoms with van der Waals surface area (Å²) in [6.07, 6.45) is 0. The number of aryl methyl sites for hydroxylation is 1. The predicted molar refractivity (Wildman–Crippen MR) is 126 cm³/mol. The van der Waals surface area contributed by atoms with Crippen LogP contribution in [0.1, 0.15) is 17.0 Å². The molecule has 8 nitrogen and oxygen atoms in total. The van der Waals surface area contributed by atoms with Crippen LogP contribution in [0, 0.1) is 6.92 Å². The number of likely N-dealkylation sites (N-methyl/N-ethyl adjacent to an activating group) is 1. The fourth-order valence-electron chi connectivity index (χ4n) is 3.92. The molecular formula is C25H31N5O3. The van der Waals surface area contributed by atoms with Crippen molar-refractivity contribution in [1.29, 1.82) is 0 Å². The Morgan fingerprint density at radius 1 is 1.06 bits per heavy atom. The number of methoxy groups -OCH3 is 1. The summed E-state index contributed by atoms with van der Waals surface area (Å²) in [4.78, 5) is 23.5. The van der Waals surface area contributed by atoms with Crippen molar-refractivity contribution in [1.82, 2.24) is 24.8 Å². The molecule has 0 spiro atoms. The molecule has 0 radical (unpaired) electrons. The summed E-state index contributed by atoms with van der Waals surface area (Å²) in [5, 5.41) is 4.11. The zero-order chi connectivity index (χ0) is 23.2. The molecule has 2 aromatic carbocycles. The van der Waals surface area contributed by atoms with Gasteiger partial charge in [-0.2, -0.15) is 4.98 Å². The van der Waals surface area contributed by atoms with Gasteiger partial charge in [-0.15, -0.1) is 0 Å². The van der Waals surface area contributed by atoms with E-state index in [0.717, 1.165) is 37.5 Å². The van der Waals surface area contributed by atoms with Gasteiger partial charge in [0.2, 0.25) is 17.6 Å². The van der Waals surface area contributed by atoms with Crippen molar-refractivity contribution in [2.75, 3.05) is 46.9 Å². The molecule has 1 fully saturated rings. The molecule has 1 aromatic heterocycles. The molecule has 0 unspecified atom stereocenters. The van der Waals surface area contributed by atoms with Gasteiger partial charge in [-0.25, -0.2) is 0 Å². The van der Waals surface area contributed by atoms with Crippen molar-refractivity contribution in [3.63, 3.8) is 0 Å². The molecule has 3 aromatic rings. The third-order valence-electron chi connectivity index (χ3n) is 6.09. The first-order valence-electron chi connectivity index (χ1n) is 11.2. The van der Waals surface area contributed by atoms with E-state index in [-0.39, 0.29) is 5.91 Å². The number of nitrogens with zero attached hydrogens (tertiary/aromatic N) is 5.